The Kier molecular flexibility index (Phi) is 6.50. The van der Waals surface area contributed by atoms with Crippen molar-refractivity contribution in [1.29, 1.82) is 0 Å². The third-order valence-electron chi connectivity index (χ3n) is 4.11. The summed E-state index contributed by atoms with van der Waals surface area (Å²) >= 11 is 0. The second-order valence-electron chi connectivity index (χ2n) is 6.32. The van der Waals surface area contributed by atoms with Crippen molar-refractivity contribution in [1.82, 2.24) is 10.2 Å². The summed E-state index contributed by atoms with van der Waals surface area (Å²) in [5.41, 5.74) is 3.24. The quantitative estimate of drug-likeness (QED) is 0.844. The first-order chi connectivity index (χ1) is 11.5. The van der Waals surface area contributed by atoms with Crippen molar-refractivity contribution < 1.29 is 9.18 Å². The van der Waals surface area contributed by atoms with Crippen LogP contribution in [0.4, 0.5) is 4.39 Å². The molecular formula is C20H25FN2O. The van der Waals surface area contributed by atoms with Crippen molar-refractivity contribution in [3.05, 3.63) is 71.0 Å². The van der Waals surface area contributed by atoms with Crippen LogP contribution in [-0.4, -0.2) is 31.4 Å². The number of nitrogens with one attached hydrogen (secondary N) is 1. The molecule has 3 nitrogen and oxygen atoms in total. The molecule has 0 fully saturated rings. The summed E-state index contributed by atoms with van der Waals surface area (Å²) in [6.45, 7) is 2.61. The summed E-state index contributed by atoms with van der Waals surface area (Å²) < 4.78 is 13.1. The number of nitrogens with zero attached hydrogens (tertiary/aromatic N) is 1. The van der Waals surface area contributed by atoms with Crippen LogP contribution in [0, 0.1) is 12.7 Å². The fourth-order valence-corrected chi connectivity index (χ4v) is 2.64. The van der Waals surface area contributed by atoms with Gasteiger partial charge in [0.05, 0.1) is 6.04 Å². The number of hydrogen-bond donors (Lipinski definition) is 1. The predicted octanol–water partition coefficient (Wildman–Crippen LogP) is 3.49. The number of rotatable bonds is 7. The van der Waals surface area contributed by atoms with E-state index in [4.69, 9.17) is 0 Å². The molecule has 24 heavy (non-hydrogen) atoms. The first-order valence-electron chi connectivity index (χ1n) is 8.20. The lowest BCUT2D eigenvalue weighted by atomic mass is 10.0. The van der Waals surface area contributed by atoms with Crippen LogP contribution in [0.25, 0.3) is 0 Å². The normalized spacial score (nSPS) is 12.2. The van der Waals surface area contributed by atoms with Crippen molar-refractivity contribution in [3.8, 4) is 0 Å². The zero-order valence-corrected chi connectivity index (χ0v) is 14.6. The van der Waals surface area contributed by atoms with Gasteiger partial charge in [0.25, 0.3) is 0 Å². The Hall–Kier alpha value is -2.20. The van der Waals surface area contributed by atoms with Crippen molar-refractivity contribution in [3.63, 3.8) is 0 Å². The third-order valence-corrected chi connectivity index (χ3v) is 4.11. The lowest BCUT2D eigenvalue weighted by Crippen LogP contribution is -2.34. The van der Waals surface area contributed by atoms with Crippen molar-refractivity contribution in [2.75, 3.05) is 20.6 Å². The lowest BCUT2D eigenvalue weighted by Gasteiger charge is -2.25. The molecule has 0 heterocycles. The maximum absolute atomic E-state index is 13.1. The average Bonchev–Trinajstić information content (AvgIpc) is 2.54. The molecule has 0 bridgehead atoms. The van der Waals surface area contributed by atoms with Gasteiger partial charge in [-0.3, -0.25) is 4.79 Å². The maximum atomic E-state index is 13.1. The molecule has 128 valence electrons. The second-order valence-corrected chi connectivity index (χ2v) is 6.32. The van der Waals surface area contributed by atoms with Gasteiger partial charge in [-0.15, -0.1) is 0 Å². The molecule has 0 saturated carbocycles. The summed E-state index contributed by atoms with van der Waals surface area (Å²) in [5, 5.41) is 2.99. The number of amides is 1. The van der Waals surface area contributed by atoms with Gasteiger partial charge in [0.15, 0.2) is 0 Å². The van der Waals surface area contributed by atoms with Crippen LogP contribution in [0.1, 0.15) is 29.2 Å². The third kappa shape index (κ3) is 5.46. The van der Waals surface area contributed by atoms with Crippen LogP contribution < -0.4 is 5.32 Å². The van der Waals surface area contributed by atoms with Crippen LogP contribution >= 0.6 is 0 Å². The lowest BCUT2D eigenvalue weighted by molar-refractivity contribution is -0.121. The highest BCUT2D eigenvalue weighted by atomic mass is 19.1. The largest absolute Gasteiger partial charge is 0.354 e. The number of aryl methyl sites for hydroxylation is 2. The Morgan fingerprint density at radius 1 is 1.17 bits per heavy atom. The molecule has 1 atom stereocenters. The molecule has 0 aliphatic heterocycles. The minimum Gasteiger partial charge on any atom is -0.354 e. The number of hydrogen-bond acceptors (Lipinski definition) is 2. The van der Waals surface area contributed by atoms with Gasteiger partial charge in [0, 0.05) is 13.0 Å². The zero-order valence-electron chi connectivity index (χ0n) is 14.6. The highest BCUT2D eigenvalue weighted by molar-refractivity contribution is 5.76. The minimum atomic E-state index is -0.264. The van der Waals surface area contributed by atoms with E-state index in [1.54, 1.807) is 6.07 Å². The van der Waals surface area contributed by atoms with E-state index in [2.05, 4.69) is 41.4 Å². The molecule has 2 aromatic carbocycles. The molecule has 4 heteroatoms. The van der Waals surface area contributed by atoms with Crippen molar-refractivity contribution in [2.24, 2.45) is 0 Å². The Labute approximate surface area is 143 Å². The Morgan fingerprint density at radius 2 is 1.88 bits per heavy atom. The van der Waals surface area contributed by atoms with Gasteiger partial charge in [-0.2, -0.15) is 0 Å². The van der Waals surface area contributed by atoms with Gasteiger partial charge in [0.1, 0.15) is 5.82 Å². The molecule has 0 aromatic heterocycles. The molecule has 0 aliphatic rings. The van der Waals surface area contributed by atoms with Crippen molar-refractivity contribution in [2.45, 2.75) is 25.8 Å². The summed E-state index contributed by atoms with van der Waals surface area (Å²) in [6.07, 6.45) is 0.901. The molecule has 0 radical (unpaired) electrons. The highest BCUT2D eigenvalue weighted by Gasteiger charge is 2.15. The first kappa shape index (κ1) is 18.1. The average molecular weight is 328 g/mol. The van der Waals surface area contributed by atoms with E-state index in [-0.39, 0.29) is 17.8 Å². The first-order valence-corrected chi connectivity index (χ1v) is 8.20. The van der Waals surface area contributed by atoms with E-state index in [0.717, 1.165) is 5.56 Å². The van der Waals surface area contributed by atoms with Crippen LogP contribution in [0.15, 0.2) is 48.5 Å². The number of carbonyl (C=O) groups excluding carboxylic acids is 1. The zero-order chi connectivity index (χ0) is 17.5. The molecule has 0 aliphatic carbocycles. The Morgan fingerprint density at radius 3 is 2.50 bits per heavy atom. The molecular weight excluding hydrogens is 303 g/mol. The molecule has 2 aromatic rings. The molecule has 0 saturated heterocycles. The molecule has 1 unspecified atom stereocenters. The van der Waals surface area contributed by atoms with Gasteiger partial charge in [-0.05, 0) is 50.7 Å². The topological polar surface area (TPSA) is 32.3 Å². The van der Waals surface area contributed by atoms with E-state index in [9.17, 15) is 9.18 Å². The molecule has 2 rings (SSSR count). The van der Waals surface area contributed by atoms with Crippen LogP contribution in [0.2, 0.25) is 0 Å². The standard InChI is InChI=1S/C20H25FN2O/c1-15-7-10-17(11-8-15)19(23(2)3)14-22-20(24)12-9-16-5-4-6-18(21)13-16/h4-8,10-11,13,19H,9,12,14H2,1-3H3,(H,22,24). The van der Waals surface area contributed by atoms with Gasteiger partial charge in [0.2, 0.25) is 5.91 Å². The molecule has 1 N–H and O–H groups in total. The summed E-state index contributed by atoms with van der Waals surface area (Å²) in [6, 6.07) is 14.9. The van der Waals surface area contributed by atoms with E-state index in [1.165, 1.54) is 23.3 Å². The van der Waals surface area contributed by atoms with Gasteiger partial charge < -0.3 is 10.2 Å². The van der Waals surface area contributed by atoms with E-state index in [1.807, 2.05) is 20.2 Å². The Balaban J connectivity index is 1.87. The Bertz CT molecular complexity index is 668. The van der Waals surface area contributed by atoms with Gasteiger partial charge in [-0.1, -0.05) is 42.0 Å². The summed E-state index contributed by atoms with van der Waals surface area (Å²) in [4.78, 5) is 14.2. The van der Waals surface area contributed by atoms with Gasteiger partial charge in [-0.25, -0.2) is 4.39 Å². The molecule has 1 amide bonds. The van der Waals surface area contributed by atoms with Crippen LogP contribution in [0.3, 0.4) is 0 Å². The highest BCUT2D eigenvalue weighted by Crippen LogP contribution is 2.18. The maximum Gasteiger partial charge on any atom is 0.220 e. The van der Waals surface area contributed by atoms with Gasteiger partial charge >= 0.3 is 0 Å². The monoisotopic (exact) mass is 328 g/mol. The van der Waals surface area contributed by atoms with Crippen LogP contribution in [-0.2, 0) is 11.2 Å². The van der Waals surface area contributed by atoms with E-state index in [0.29, 0.717) is 19.4 Å². The van der Waals surface area contributed by atoms with Crippen LogP contribution in [0.5, 0.6) is 0 Å². The van der Waals surface area contributed by atoms with Crippen molar-refractivity contribution >= 4 is 5.91 Å². The fraction of sp³-hybridized carbons (Fsp3) is 0.350. The number of likely N-dealkylation sites (N-methyl/N-ethyl adjacent to an activating group) is 1. The smallest absolute Gasteiger partial charge is 0.220 e. The predicted molar refractivity (Wildman–Crippen MR) is 95.3 cm³/mol. The fourth-order valence-electron chi connectivity index (χ4n) is 2.64. The number of benzene rings is 2. The molecule has 0 spiro atoms. The van der Waals surface area contributed by atoms with E-state index >= 15 is 0 Å². The summed E-state index contributed by atoms with van der Waals surface area (Å²) in [5.74, 6) is -0.279. The van der Waals surface area contributed by atoms with E-state index < -0.39 is 0 Å². The number of halogens is 1. The minimum absolute atomic E-state index is 0.0155. The second kappa shape index (κ2) is 8.60. The summed E-state index contributed by atoms with van der Waals surface area (Å²) in [7, 11) is 4.01. The SMILES string of the molecule is Cc1ccc(C(CNC(=O)CCc2cccc(F)c2)N(C)C)cc1. The number of carbonyl (C=O) groups is 1.